The molecule has 1 aliphatic rings. The third kappa shape index (κ3) is 3.50. The summed E-state index contributed by atoms with van der Waals surface area (Å²) in [6.07, 6.45) is 2.34. The number of nitrogens with one attached hydrogen (secondary N) is 1. The zero-order valence-electron chi connectivity index (χ0n) is 14.5. The van der Waals surface area contributed by atoms with Crippen LogP contribution in [0.5, 0.6) is 0 Å². The Balaban J connectivity index is 0.00000208. The number of aromatic nitrogens is 1. The standard InChI is InChI=1S/C19H25N3O.ClH/c1-12-6-4-5-7-18(12)22-13(2)10-16(14(22)3)19(23)21-17(11-20)15-8-9-15;/h4-7,10,15,17H,8-9,11,20H2,1-3H3,(H,21,23);1H. The zero-order chi connectivity index (χ0) is 16.6. The number of rotatable bonds is 5. The molecule has 1 saturated carbocycles. The van der Waals surface area contributed by atoms with E-state index in [1.807, 2.05) is 32.0 Å². The van der Waals surface area contributed by atoms with Gasteiger partial charge in [-0.1, -0.05) is 18.2 Å². The van der Waals surface area contributed by atoms with Gasteiger partial charge in [-0.3, -0.25) is 4.79 Å². The van der Waals surface area contributed by atoms with E-state index in [9.17, 15) is 4.79 Å². The molecule has 1 atom stereocenters. The SMILES string of the molecule is Cc1ccccc1-n1c(C)cc(C(=O)NC(CN)C2CC2)c1C.Cl. The molecule has 0 spiro atoms. The minimum Gasteiger partial charge on any atom is -0.348 e. The Bertz CT molecular complexity index is 734. The number of halogens is 1. The molecule has 3 rings (SSSR count). The molecule has 5 heteroatoms. The van der Waals surface area contributed by atoms with Crippen LogP contribution >= 0.6 is 12.4 Å². The minimum atomic E-state index is -0.0136. The molecule has 130 valence electrons. The predicted molar refractivity (Wildman–Crippen MR) is 100 cm³/mol. The first-order chi connectivity index (χ1) is 11.0. The van der Waals surface area contributed by atoms with Gasteiger partial charge in [0.25, 0.3) is 5.91 Å². The van der Waals surface area contributed by atoms with Gasteiger partial charge in [0.1, 0.15) is 0 Å². The van der Waals surface area contributed by atoms with E-state index in [4.69, 9.17) is 5.73 Å². The first-order valence-electron chi connectivity index (χ1n) is 8.28. The molecule has 0 saturated heterocycles. The van der Waals surface area contributed by atoms with Crippen LogP contribution < -0.4 is 11.1 Å². The van der Waals surface area contributed by atoms with Crippen molar-refractivity contribution in [3.05, 3.63) is 52.8 Å². The molecule has 0 radical (unpaired) electrons. The Kier molecular flexibility index (Phi) is 5.73. The average molecular weight is 348 g/mol. The topological polar surface area (TPSA) is 60.0 Å². The fourth-order valence-corrected chi connectivity index (χ4v) is 3.29. The summed E-state index contributed by atoms with van der Waals surface area (Å²) in [7, 11) is 0. The number of hydrogen-bond acceptors (Lipinski definition) is 2. The van der Waals surface area contributed by atoms with Crippen molar-refractivity contribution >= 4 is 18.3 Å². The van der Waals surface area contributed by atoms with Gasteiger partial charge in [0.2, 0.25) is 0 Å². The van der Waals surface area contributed by atoms with Crippen molar-refractivity contribution in [1.82, 2.24) is 9.88 Å². The second-order valence-corrected chi connectivity index (χ2v) is 6.56. The van der Waals surface area contributed by atoms with Gasteiger partial charge >= 0.3 is 0 Å². The number of para-hydroxylation sites is 1. The fraction of sp³-hybridized carbons (Fsp3) is 0.421. The Labute approximate surface area is 149 Å². The van der Waals surface area contributed by atoms with E-state index in [-0.39, 0.29) is 24.4 Å². The van der Waals surface area contributed by atoms with Crippen molar-refractivity contribution in [2.45, 2.75) is 39.7 Å². The highest BCUT2D eigenvalue weighted by atomic mass is 35.5. The van der Waals surface area contributed by atoms with Crippen LogP contribution in [-0.4, -0.2) is 23.1 Å². The Morgan fingerprint density at radius 3 is 2.54 bits per heavy atom. The molecule has 1 aliphatic carbocycles. The fourth-order valence-electron chi connectivity index (χ4n) is 3.29. The summed E-state index contributed by atoms with van der Waals surface area (Å²) in [5.41, 5.74) is 10.9. The lowest BCUT2D eigenvalue weighted by Gasteiger charge is -2.16. The van der Waals surface area contributed by atoms with Gasteiger partial charge < -0.3 is 15.6 Å². The Hall–Kier alpha value is -1.78. The van der Waals surface area contributed by atoms with Gasteiger partial charge in [-0.05, 0) is 57.2 Å². The van der Waals surface area contributed by atoms with Crippen molar-refractivity contribution in [3.63, 3.8) is 0 Å². The Morgan fingerprint density at radius 1 is 1.29 bits per heavy atom. The molecule has 1 aromatic carbocycles. The lowest BCUT2D eigenvalue weighted by atomic mass is 10.1. The van der Waals surface area contributed by atoms with Gasteiger partial charge in [-0.25, -0.2) is 0 Å². The van der Waals surface area contributed by atoms with Gasteiger partial charge in [0, 0.05) is 29.7 Å². The maximum Gasteiger partial charge on any atom is 0.253 e. The maximum atomic E-state index is 12.7. The summed E-state index contributed by atoms with van der Waals surface area (Å²) in [4.78, 5) is 12.7. The smallest absolute Gasteiger partial charge is 0.253 e. The summed E-state index contributed by atoms with van der Waals surface area (Å²) in [5.74, 6) is 0.545. The number of aryl methyl sites for hydroxylation is 2. The van der Waals surface area contributed by atoms with E-state index in [1.165, 1.54) is 18.4 Å². The lowest BCUT2D eigenvalue weighted by molar-refractivity contribution is 0.0933. The summed E-state index contributed by atoms with van der Waals surface area (Å²) in [6, 6.07) is 10.3. The van der Waals surface area contributed by atoms with Crippen molar-refractivity contribution in [2.24, 2.45) is 11.7 Å². The number of nitrogens with zero attached hydrogens (tertiary/aromatic N) is 1. The van der Waals surface area contributed by atoms with Crippen LogP contribution in [0.3, 0.4) is 0 Å². The maximum absolute atomic E-state index is 12.7. The molecular formula is C19H26ClN3O. The highest BCUT2D eigenvalue weighted by molar-refractivity contribution is 5.96. The van der Waals surface area contributed by atoms with Crippen molar-refractivity contribution in [2.75, 3.05) is 6.54 Å². The van der Waals surface area contributed by atoms with E-state index < -0.39 is 0 Å². The van der Waals surface area contributed by atoms with Crippen LogP contribution in [0.4, 0.5) is 0 Å². The molecule has 0 bridgehead atoms. The van der Waals surface area contributed by atoms with Crippen LogP contribution in [0.25, 0.3) is 5.69 Å². The molecule has 24 heavy (non-hydrogen) atoms. The van der Waals surface area contributed by atoms with Gasteiger partial charge in [-0.15, -0.1) is 12.4 Å². The van der Waals surface area contributed by atoms with Crippen LogP contribution in [0, 0.1) is 26.7 Å². The van der Waals surface area contributed by atoms with E-state index in [0.29, 0.717) is 12.5 Å². The van der Waals surface area contributed by atoms with E-state index >= 15 is 0 Å². The van der Waals surface area contributed by atoms with E-state index in [0.717, 1.165) is 22.6 Å². The molecule has 1 unspecified atom stereocenters. The van der Waals surface area contributed by atoms with Crippen LogP contribution in [0.15, 0.2) is 30.3 Å². The number of benzene rings is 1. The summed E-state index contributed by atoms with van der Waals surface area (Å²) < 4.78 is 2.15. The molecular weight excluding hydrogens is 322 g/mol. The first kappa shape index (κ1) is 18.6. The Morgan fingerprint density at radius 2 is 1.96 bits per heavy atom. The number of amides is 1. The van der Waals surface area contributed by atoms with Gasteiger partial charge in [0.05, 0.1) is 5.56 Å². The average Bonchev–Trinajstić information content (AvgIpc) is 3.32. The second-order valence-electron chi connectivity index (χ2n) is 6.56. The third-order valence-electron chi connectivity index (χ3n) is 4.79. The highest BCUT2D eigenvalue weighted by Gasteiger charge is 2.32. The second kappa shape index (κ2) is 7.41. The number of nitrogens with two attached hydrogens (primary N) is 1. The third-order valence-corrected chi connectivity index (χ3v) is 4.79. The van der Waals surface area contributed by atoms with Gasteiger partial charge in [-0.2, -0.15) is 0 Å². The van der Waals surface area contributed by atoms with Crippen molar-refractivity contribution in [3.8, 4) is 5.69 Å². The molecule has 1 fully saturated rings. The van der Waals surface area contributed by atoms with Crippen molar-refractivity contribution < 1.29 is 4.79 Å². The summed E-state index contributed by atoms with van der Waals surface area (Å²) in [5, 5.41) is 3.12. The largest absolute Gasteiger partial charge is 0.348 e. The number of carbonyl (C=O) groups excluding carboxylic acids is 1. The molecule has 0 aliphatic heterocycles. The summed E-state index contributed by atoms with van der Waals surface area (Å²) in [6.45, 7) is 6.64. The molecule has 1 heterocycles. The first-order valence-corrected chi connectivity index (χ1v) is 8.28. The van der Waals surface area contributed by atoms with Crippen LogP contribution in [-0.2, 0) is 0 Å². The normalized spacial score (nSPS) is 14.8. The van der Waals surface area contributed by atoms with Crippen molar-refractivity contribution in [1.29, 1.82) is 0 Å². The molecule has 2 aromatic rings. The molecule has 1 aromatic heterocycles. The van der Waals surface area contributed by atoms with Gasteiger partial charge in [0.15, 0.2) is 0 Å². The highest BCUT2D eigenvalue weighted by Crippen LogP contribution is 2.32. The quantitative estimate of drug-likeness (QED) is 0.871. The summed E-state index contributed by atoms with van der Waals surface area (Å²) >= 11 is 0. The molecule has 1 amide bonds. The minimum absolute atomic E-state index is 0. The molecule has 4 nitrogen and oxygen atoms in total. The number of hydrogen-bond donors (Lipinski definition) is 2. The van der Waals surface area contributed by atoms with E-state index in [1.54, 1.807) is 0 Å². The lowest BCUT2D eigenvalue weighted by Crippen LogP contribution is -2.41. The van der Waals surface area contributed by atoms with E-state index in [2.05, 4.69) is 28.9 Å². The van der Waals surface area contributed by atoms with Crippen LogP contribution in [0.1, 0.15) is 40.2 Å². The molecule has 3 N–H and O–H groups in total. The number of carbonyl (C=O) groups is 1. The monoisotopic (exact) mass is 347 g/mol. The van der Waals surface area contributed by atoms with Crippen LogP contribution in [0.2, 0.25) is 0 Å². The predicted octanol–water partition coefficient (Wildman–Crippen LogP) is 3.29. The zero-order valence-corrected chi connectivity index (χ0v) is 15.3.